The number of carbonyl (C=O) groups excluding carboxylic acids is 1. The van der Waals surface area contributed by atoms with Crippen molar-refractivity contribution in [1.29, 1.82) is 0 Å². The van der Waals surface area contributed by atoms with Crippen LogP contribution in [0.3, 0.4) is 0 Å². The van der Waals surface area contributed by atoms with Crippen molar-refractivity contribution in [3.8, 4) is 11.3 Å². The first-order valence-electron chi connectivity index (χ1n) is 9.95. The van der Waals surface area contributed by atoms with Gasteiger partial charge in [0.15, 0.2) is 0 Å². The molecule has 4 rings (SSSR count). The maximum Gasteiger partial charge on any atom is 0.273 e. The minimum absolute atomic E-state index is 0.0198. The quantitative estimate of drug-likeness (QED) is 0.478. The molecule has 0 saturated heterocycles. The SMILES string of the molecule is CC(CCc1ccccc1)NC(=O)Cn1cnc2c(-c3ccc(F)cc3)nsc2c1=O. The molecule has 1 N–H and O–H groups in total. The highest BCUT2D eigenvalue weighted by Crippen LogP contribution is 2.27. The van der Waals surface area contributed by atoms with Crippen molar-refractivity contribution in [3.63, 3.8) is 0 Å². The van der Waals surface area contributed by atoms with Crippen molar-refractivity contribution < 1.29 is 9.18 Å². The molecule has 2 aromatic carbocycles. The van der Waals surface area contributed by atoms with Crippen molar-refractivity contribution in [2.24, 2.45) is 0 Å². The van der Waals surface area contributed by atoms with Crippen LogP contribution in [0.15, 0.2) is 65.7 Å². The molecule has 2 aromatic heterocycles. The summed E-state index contributed by atoms with van der Waals surface area (Å²) in [6.45, 7) is 1.84. The largest absolute Gasteiger partial charge is 0.352 e. The number of fused-ring (bicyclic) bond motifs is 1. The third kappa shape index (κ3) is 4.86. The van der Waals surface area contributed by atoms with Gasteiger partial charge in [-0.2, -0.15) is 4.37 Å². The number of aromatic nitrogens is 3. The van der Waals surface area contributed by atoms with Crippen molar-refractivity contribution in [3.05, 3.63) is 82.7 Å². The molecule has 0 fully saturated rings. The summed E-state index contributed by atoms with van der Waals surface area (Å²) in [5.41, 5.74) is 2.57. The second kappa shape index (κ2) is 9.18. The Morgan fingerprint density at radius 1 is 1.16 bits per heavy atom. The Morgan fingerprint density at radius 3 is 2.65 bits per heavy atom. The van der Waals surface area contributed by atoms with E-state index in [4.69, 9.17) is 0 Å². The van der Waals surface area contributed by atoms with E-state index in [-0.39, 0.29) is 29.9 Å². The van der Waals surface area contributed by atoms with Crippen LogP contribution >= 0.6 is 11.5 Å². The summed E-state index contributed by atoms with van der Waals surface area (Å²) < 4.78 is 19.2. The minimum Gasteiger partial charge on any atom is -0.352 e. The molecule has 31 heavy (non-hydrogen) atoms. The zero-order chi connectivity index (χ0) is 21.8. The topological polar surface area (TPSA) is 76.9 Å². The second-order valence-corrected chi connectivity index (χ2v) is 8.16. The second-order valence-electron chi connectivity index (χ2n) is 7.39. The van der Waals surface area contributed by atoms with Gasteiger partial charge in [0.05, 0.1) is 6.33 Å². The van der Waals surface area contributed by atoms with Crippen LogP contribution in [0.5, 0.6) is 0 Å². The van der Waals surface area contributed by atoms with Crippen molar-refractivity contribution in [1.82, 2.24) is 19.2 Å². The molecular formula is C23H21FN4O2S. The van der Waals surface area contributed by atoms with Gasteiger partial charge in [-0.1, -0.05) is 30.3 Å². The van der Waals surface area contributed by atoms with Gasteiger partial charge in [-0.25, -0.2) is 9.37 Å². The first-order chi connectivity index (χ1) is 15.0. The van der Waals surface area contributed by atoms with Crippen LogP contribution in [0.4, 0.5) is 4.39 Å². The van der Waals surface area contributed by atoms with E-state index in [1.54, 1.807) is 12.1 Å². The maximum atomic E-state index is 13.2. The van der Waals surface area contributed by atoms with Gasteiger partial charge < -0.3 is 5.32 Å². The Labute approximate surface area is 182 Å². The number of hydrogen-bond donors (Lipinski definition) is 1. The highest BCUT2D eigenvalue weighted by atomic mass is 32.1. The van der Waals surface area contributed by atoms with E-state index in [1.807, 2.05) is 25.1 Å². The molecule has 8 heteroatoms. The van der Waals surface area contributed by atoms with Crippen molar-refractivity contribution >= 4 is 27.7 Å². The summed E-state index contributed by atoms with van der Waals surface area (Å²) in [7, 11) is 0. The average Bonchev–Trinajstić information content (AvgIpc) is 3.20. The van der Waals surface area contributed by atoms with E-state index < -0.39 is 0 Å². The summed E-state index contributed by atoms with van der Waals surface area (Å²) >= 11 is 1.03. The summed E-state index contributed by atoms with van der Waals surface area (Å²) in [5.74, 6) is -0.588. The lowest BCUT2D eigenvalue weighted by molar-refractivity contribution is -0.122. The molecule has 4 aromatic rings. The Balaban J connectivity index is 1.43. The molecular weight excluding hydrogens is 415 g/mol. The number of carbonyl (C=O) groups is 1. The Hall–Kier alpha value is -3.39. The fourth-order valence-corrected chi connectivity index (χ4v) is 4.15. The third-order valence-electron chi connectivity index (χ3n) is 5.00. The lowest BCUT2D eigenvalue weighted by Gasteiger charge is -2.14. The summed E-state index contributed by atoms with van der Waals surface area (Å²) in [6.07, 6.45) is 3.03. The van der Waals surface area contributed by atoms with E-state index in [1.165, 1.54) is 28.6 Å². The minimum atomic E-state index is -0.345. The van der Waals surface area contributed by atoms with Gasteiger partial charge in [0, 0.05) is 11.6 Å². The van der Waals surface area contributed by atoms with Gasteiger partial charge in [0.1, 0.15) is 28.3 Å². The van der Waals surface area contributed by atoms with Crippen molar-refractivity contribution in [2.75, 3.05) is 0 Å². The third-order valence-corrected chi connectivity index (χ3v) is 5.82. The number of nitrogens with zero attached hydrogens (tertiary/aromatic N) is 3. The molecule has 1 atom stereocenters. The van der Waals surface area contributed by atoms with Crippen LogP contribution in [-0.4, -0.2) is 25.9 Å². The van der Waals surface area contributed by atoms with Crippen LogP contribution in [0.2, 0.25) is 0 Å². The number of hydrogen-bond acceptors (Lipinski definition) is 5. The number of amides is 1. The van der Waals surface area contributed by atoms with Gasteiger partial charge >= 0.3 is 0 Å². The van der Waals surface area contributed by atoms with Gasteiger partial charge in [-0.05, 0) is 61.1 Å². The normalized spacial score (nSPS) is 12.1. The van der Waals surface area contributed by atoms with Crippen molar-refractivity contribution in [2.45, 2.75) is 32.4 Å². The maximum absolute atomic E-state index is 13.2. The molecule has 0 aliphatic carbocycles. The van der Waals surface area contributed by atoms with E-state index in [0.717, 1.165) is 24.4 Å². The smallest absolute Gasteiger partial charge is 0.273 e. The fraction of sp³-hybridized carbons (Fsp3) is 0.217. The predicted molar refractivity (Wildman–Crippen MR) is 119 cm³/mol. The summed E-state index contributed by atoms with van der Waals surface area (Å²) in [4.78, 5) is 29.6. The van der Waals surface area contributed by atoms with E-state index in [2.05, 4.69) is 26.8 Å². The number of nitrogens with one attached hydrogen (secondary N) is 1. The number of benzene rings is 2. The summed E-state index contributed by atoms with van der Waals surface area (Å²) in [5, 5.41) is 2.94. The number of rotatable bonds is 7. The Kier molecular flexibility index (Phi) is 6.18. The van der Waals surface area contributed by atoms with Crippen LogP contribution in [0.25, 0.3) is 21.5 Å². The first kappa shape index (κ1) is 20.9. The average molecular weight is 437 g/mol. The molecule has 0 aliphatic rings. The standard InChI is InChI=1S/C23H21FN4O2S/c1-15(7-8-16-5-3-2-4-6-16)26-19(29)13-28-14-25-21-20(27-31-22(21)23(28)30)17-9-11-18(24)12-10-17/h2-6,9-12,14-15H,7-8,13H2,1H3,(H,26,29). The molecule has 0 spiro atoms. The first-order valence-corrected chi connectivity index (χ1v) is 10.7. The summed E-state index contributed by atoms with van der Waals surface area (Å²) in [6, 6.07) is 15.9. The molecule has 2 heterocycles. The van der Waals surface area contributed by atoms with Crippen LogP contribution < -0.4 is 10.9 Å². The highest BCUT2D eigenvalue weighted by Gasteiger charge is 2.16. The van der Waals surface area contributed by atoms with Gasteiger partial charge in [-0.3, -0.25) is 14.2 Å². The molecule has 1 amide bonds. The Morgan fingerprint density at radius 2 is 1.90 bits per heavy atom. The lowest BCUT2D eigenvalue weighted by Crippen LogP contribution is -2.37. The van der Waals surface area contributed by atoms with Crippen LogP contribution in [0, 0.1) is 5.82 Å². The number of aryl methyl sites for hydroxylation is 1. The highest BCUT2D eigenvalue weighted by molar-refractivity contribution is 7.13. The number of halogens is 1. The van der Waals surface area contributed by atoms with Crippen LogP contribution in [-0.2, 0) is 17.8 Å². The van der Waals surface area contributed by atoms with Gasteiger partial charge in [0.2, 0.25) is 5.91 Å². The molecule has 0 bridgehead atoms. The van der Waals surface area contributed by atoms with E-state index in [9.17, 15) is 14.0 Å². The molecule has 1 unspecified atom stereocenters. The molecule has 0 aliphatic heterocycles. The monoisotopic (exact) mass is 436 g/mol. The zero-order valence-electron chi connectivity index (χ0n) is 16.9. The molecule has 158 valence electrons. The van der Waals surface area contributed by atoms with Gasteiger partial charge in [-0.15, -0.1) is 0 Å². The Bertz CT molecular complexity index is 1250. The molecule has 0 saturated carbocycles. The molecule has 0 radical (unpaired) electrons. The van der Waals surface area contributed by atoms with Gasteiger partial charge in [0.25, 0.3) is 5.56 Å². The predicted octanol–water partition coefficient (Wildman–Crippen LogP) is 3.80. The lowest BCUT2D eigenvalue weighted by atomic mass is 10.1. The van der Waals surface area contributed by atoms with Crippen LogP contribution in [0.1, 0.15) is 18.9 Å². The van der Waals surface area contributed by atoms with E-state index in [0.29, 0.717) is 21.5 Å². The zero-order valence-corrected chi connectivity index (χ0v) is 17.7. The fourth-order valence-electron chi connectivity index (χ4n) is 3.34. The van der Waals surface area contributed by atoms with E-state index >= 15 is 0 Å². The molecule has 6 nitrogen and oxygen atoms in total.